The van der Waals surface area contributed by atoms with Crippen molar-refractivity contribution in [1.82, 2.24) is 14.6 Å². The first kappa shape index (κ1) is 12.5. The Morgan fingerprint density at radius 2 is 1.89 bits per heavy atom. The summed E-state index contributed by atoms with van der Waals surface area (Å²) >= 11 is 0. The number of pyridine rings is 1. The smallest absolute Gasteiger partial charge is 0.247 e. The summed E-state index contributed by atoms with van der Waals surface area (Å²) in [5, 5.41) is 2.02. The van der Waals surface area contributed by atoms with Crippen molar-refractivity contribution in [1.29, 1.82) is 0 Å². The maximum Gasteiger partial charge on any atom is 0.247 e. The van der Waals surface area contributed by atoms with Crippen molar-refractivity contribution in [2.45, 2.75) is 4.90 Å². The zero-order valence-corrected chi connectivity index (χ0v) is 9.98. The number of piperazine rings is 1. The second-order valence-corrected chi connectivity index (χ2v) is 5.54. The molecule has 0 bridgehead atoms. The third-order valence-electron chi connectivity index (χ3n) is 2.34. The van der Waals surface area contributed by atoms with E-state index in [1.165, 1.54) is 18.3 Å². The Kier molecular flexibility index (Phi) is 3.01. The van der Waals surface area contributed by atoms with Crippen LogP contribution < -0.4 is 11.1 Å². The largest absolute Gasteiger partial charge is 0.383 e. The van der Waals surface area contributed by atoms with E-state index < -0.39 is 34.9 Å². The van der Waals surface area contributed by atoms with Gasteiger partial charge in [-0.1, -0.05) is 0 Å². The predicted molar refractivity (Wildman–Crippen MR) is 60.6 cm³/mol. The maximum absolute atomic E-state index is 12.2. The fourth-order valence-corrected chi connectivity index (χ4v) is 2.96. The Morgan fingerprint density at radius 1 is 1.28 bits per heavy atom. The third-order valence-corrected chi connectivity index (χ3v) is 4.18. The molecule has 0 saturated carbocycles. The summed E-state index contributed by atoms with van der Waals surface area (Å²) in [7, 11) is -3.99. The van der Waals surface area contributed by atoms with E-state index in [1.807, 2.05) is 5.32 Å². The molecule has 1 fully saturated rings. The topological polar surface area (TPSA) is 122 Å². The Labute approximate surface area is 103 Å². The molecular formula is C9H10N4O4S. The minimum Gasteiger partial charge on any atom is -0.383 e. The van der Waals surface area contributed by atoms with Crippen molar-refractivity contribution in [3.05, 3.63) is 18.3 Å². The van der Waals surface area contributed by atoms with E-state index >= 15 is 0 Å². The third kappa shape index (κ3) is 2.17. The lowest BCUT2D eigenvalue weighted by Crippen LogP contribution is -2.53. The molecule has 96 valence electrons. The minimum absolute atomic E-state index is 0.170. The van der Waals surface area contributed by atoms with E-state index in [1.54, 1.807) is 0 Å². The van der Waals surface area contributed by atoms with Crippen LogP contribution >= 0.6 is 0 Å². The van der Waals surface area contributed by atoms with Crippen LogP contribution in [0.25, 0.3) is 0 Å². The average molecular weight is 270 g/mol. The number of sulfonamides is 1. The van der Waals surface area contributed by atoms with Gasteiger partial charge in [0.05, 0.1) is 13.1 Å². The van der Waals surface area contributed by atoms with Gasteiger partial charge in [-0.15, -0.1) is 0 Å². The number of amides is 2. The molecule has 2 heterocycles. The molecule has 0 unspecified atom stereocenters. The standard InChI is InChI=1S/C9H10N4O4S/c10-9-6(2-1-3-11-9)18(16,17)13-4-7(14)12-8(15)5-13/h1-3H,4-5H2,(H2,10,11)(H,12,14,15). The van der Waals surface area contributed by atoms with Crippen LogP contribution in [0.1, 0.15) is 0 Å². The van der Waals surface area contributed by atoms with E-state index in [4.69, 9.17) is 5.73 Å². The van der Waals surface area contributed by atoms with E-state index in [0.717, 1.165) is 4.31 Å². The first-order valence-corrected chi connectivity index (χ1v) is 6.38. The van der Waals surface area contributed by atoms with Crippen LogP contribution in [0.5, 0.6) is 0 Å². The van der Waals surface area contributed by atoms with Crippen molar-refractivity contribution in [2.75, 3.05) is 18.8 Å². The highest BCUT2D eigenvalue weighted by atomic mass is 32.2. The Bertz CT molecular complexity index is 597. The average Bonchev–Trinajstić information content (AvgIpc) is 2.28. The summed E-state index contributed by atoms with van der Waals surface area (Å²) in [5.41, 5.74) is 5.48. The lowest BCUT2D eigenvalue weighted by molar-refractivity contribution is -0.134. The number of hydrogen-bond acceptors (Lipinski definition) is 6. The highest BCUT2D eigenvalue weighted by Gasteiger charge is 2.34. The molecular weight excluding hydrogens is 260 g/mol. The summed E-state index contributed by atoms with van der Waals surface area (Å²) in [6, 6.07) is 2.68. The van der Waals surface area contributed by atoms with Crippen LogP contribution in [0.4, 0.5) is 5.82 Å². The first-order chi connectivity index (χ1) is 8.41. The number of aromatic nitrogens is 1. The number of nitrogen functional groups attached to an aromatic ring is 1. The van der Waals surface area contributed by atoms with Gasteiger partial charge in [-0.25, -0.2) is 13.4 Å². The van der Waals surface area contributed by atoms with Crippen LogP contribution in [-0.4, -0.2) is 42.6 Å². The molecule has 1 aromatic rings. The van der Waals surface area contributed by atoms with Crippen molar-refractivity contribution in [2.24, 2.45) is 0 Å². The van der Waals surface area contributed by atoms with Crippen LogP contribution in [-0.2, 0) is 19.6 Å². The second kappa shape index (κ2) is 4.35. The van der Waals surface area contributed by atoms with Gasteiger partial charge in [0.25, 0.3) is 0 Å². The Morgan fingerprint density at radius 3 is 2.44 bits per heavy atom. The van der Waals surface area contributed by atoms with Gasteiger partial charge in [0.2, 0.25) is 21.8 Å². The summed E-state index contributed by atoms with van der Waals surface area (Å²) in [5.74, 6) is -1.51. The fraction of sp³-hybridized carbons (Fsp3) is 0.222. The molecule has 0 atom stereocenters. The van der Waals surface area contributed by atoms with Gasteiger partial charge < -0.3 is 5.73 Å². The summed E-state index contributed by atoms with van der Waals surface area (Å²) in [6.45, 7) is -0.829. The minimum atomic E-state index is -3.99. The van der Waals surface area contributed by atoms with Crippen molar-refractivity contribution >= 4 is 27.7 Å². The van der Waals surface area contributed by atoms with Crippen LogP contribution in [0.3, 0.4) is 0 Å². The Hall–Kier alpha value is -2.00. The highest BCUT2D eigenvalue weighted by Crippen LogP contribution is 2.20. The van der Waals surface area contributed by atoms with Crippen LogP contribution in [0.15, 0.2) is 23.2 Å². The second-order valence-electron chi connectivity index (χ2n) is 3.63. The van der Waals surface area contributed by atoms with Crippen molar-refractivity contribution in [3.8, 4) is 0 Å². The van der Waals surface area contributed by atoms with E-state index in [9.17, 15) is 18.0 Å². The van der Waals surface area contributed by atoms with E-state index in [0.29, 0.717) is 0 Å². The van der Waals surface area contributed by atoms with Gasteiger partial charge in [0.1, 0.15) is 10.7 Å². The van der Waals surface area contributed by atoms with Gasteiger partial charge in [-0.2, -0.15) is 4.31 Å². The number of nitrogens with zero attached hydrogens (tertiary/aromatic N) is 2. The normalized spacial score (nSPS) is 17.6. The molecule has 8 nitrogen and oxygen atoms in total. The molecule has 0 aromatic carbocycles. The number of anilines is 1. The summed E-state index contributed by atoms with van der Waals surface area (Å²) in [6.07, 6.45) is 1.35. The number of hydrogen-bond donors (Lipinski definition) is 2. The molecule has 0 radical (unpaired) electrons. The zero-order chi connectivity index (χ0) is 13.3. The van der Waals surface area contributed by atoms with Gasteiger partial charge >= 0.3 is 0 Å². The molecule has 9 heteroatoms. The van der Waals surface area contributed by atoms with Crippen molar-refractivity contribution < 1.29 is 18.0 Å². The molecule has 18 heavy (non-hydrogen) atoms. The number of nitrogens with two attached hydrogens (primary N) is 1. The van der Waals surface area contributed by atoms with Gasteiger partial charge in [-0.05, 0) is 12.1 Å². The number of imide groups is 1. The molecule has 1 aromatic heterocycles. The SMILES string of the molecule is Nc1ncccc1S(=O)(=O)N1CC(=O)NC(=O)C1. The lowest BCUT2D eigenvalue weighted by Gasteiger charge is -2.24. The summed E-state index contributed by atoms with van der Waals surface area (Å²) < 4.78 is 25.1. The number of rotatable bonds is 2. The zero-order valence-electron chi connectivity index (χ0n) is 9.16. The number of nitrogens with one attached hydrogen (secondary N) is 1. The van der Waals surface area contributed by atoms with Gasteiger partial charge in [0.15, 0.2) is 0 Å². The molecule has 1 aliphatic heterocycles. The Balaban J connectivity index is 2.40. The van der Waals surface area contributed by atoms with E-state index in [2.05, 4.69) is 4.98 Å². The quantitative estimate of drug-likeness (QED) is 0.618. The fourth-order valence-electron chi connectivity index (χ4n) is 1.54. The van der Waals surface area contributed by atoms with Crippen LogP contribution in [0.2, 0.25) is 0 Å². The first-order valence-electron chi connectivity index (χ1n) is 4.94. The monoisotopic (exact) mass is 270 g/mol. The molecule has 1 aliphatic rings. The predicted octanol–water partition coefficient (Wildman–Crippen LogP) is -1.69. The molecule has 2 rings (SSSR count). The number of carbonyl (C=O) groups excluding carboxylic acids is 2. The summed E-state index contributed by atoms with van der Waals surface area (Å²) in [4.78, 5) is 25.8. The maximum atomic E-state index is 12.2. The molecule has 0 aliphatic carbocycles. The molecule has 0 spiro atoms. The van der Waals surface area contributed by atoms with Crippen molar-refractivity contribution in [3.63, 3.8) is 0 Å². The van der Waals surface area contributed by atoms with Gasteiger partial charge in [-0.3, -0.25) is 14.9 Å². The van der Waals surface area contributed by atoms with Crippen LogP contribution in [0, 0.1) is 0 Å². The van der Waals surface area contributed by atoms with Gasteiger partial charge in [0, 0.05) is 6.20 Å². The number of carbonyl (C=O) groups is 2. The highest BCUT2D eigenvalue weighted by molar-refractivity contribution is 7.89. The lowest BCUT2D eigenvalue weighted by atomic mass is 10.4. The molecule has 3 N–H and O–H groups in total. The molecule has 1 saturated heterocycles. The van der Waals surface area contributed by atoms with E-state index in [-0.39, 0.29) is 10.7 Å². The molecule has 2 amide bonds.